The lowest BCUT2D eigenvalue weighted by Crippen LogP contribution is -2.22. The molecule has 2 aromatic carbocycles. The number of aryl methyl sites for hydroxylation is 2. The first-order valence-corrected chi connectivity index (χ1v) is 9.91. The first-order chi connectivity index (χ1) is 14.8. The minimum absolute atomic E-state index is 0.142. The van der Waals surface area contributed by atoms with E-state index < -0.39 is 18.5 Å². The minimum atomic E-state index is -0.641. The molecule has 1 heterocycles. The summed E-state index contributed by atoms with van der Waals surface area (Å²) in [6.07, 6.45) is 0. The van der Waals surface area contributed by atoms with Crippen LogP contribution >= 0.6 is 11.6 Å². The lowest BCUT2D eigenvalue weighted by molar-refractivity contribution is -0.119. The summed E-state index contributed by atoms with van der Waals surface area (Å²) in [6, 6.07) is 10.8. The fourth-order valence-electron chi connectivity index (χ4n) is 3.27. The van der Waals surface area contributed by atoms with Gasteiger partial charge in [-0.2, -0.15) is 0 Å². The van der Waals surface area contributed by atoms with Gasteiger partial charge in [0.05, 0.1) is 36.2 Å². The van der Waals surface area contributed by atoms with Crippen LogP contribution in [0.3, 0.4) is 0 Å². The lowest BCUT2D eigenvalue weighted by Gasteiger charge is -2.15. The Labute approximate surface area is 185 Å². The molecule has 162 valence electrons. The number of anilines is 1. The molecule has 0 spiro atoms. The molecule has 0 bridgehead atoms. The van der Waals surface area contributed by atoms with Crippen LogP contribution in [0.2, 0.25) is 5.02 Å². The van der Waals surface area contributed by atoms with Gasteiger partial charge in [0.1, 0.15) is 5.75 Å². The number of hydrogen-bond acceptors (Lipinski definition) is 6. The number of nitrogens with one attached hydrogen (secondary N) is 1. The van der Waals surface area contributed by atoms with Crippen molar-refractivity contribution in [2.24, 2.45) is 0 Å². The van der Waals surface area contributed by atoms with E-state index in [9.17, 15) is 9.59 Å². The van der Waals surface area contributed by atoms with E-state index in [1.54, 1.807) is 12.1 Å². The average molecular weight is 443 g/mol. The van der Waals surface area contributed by atoms with Gasteiger partial charge in [-0.1, -0.05) is 29.8 Å². The summed E-state index contributed by atoms with van der Waals surface area (Å²) in [6.45, 7) is 3.30. The lowest BCUT2D eigenvalue weighted by atomic mass is 10.0. The summed E-state index contributed by atoms with van der Waals surface area (Å²) in [5, 5.41) is 4.03. The second-order valence-corrected chi connectivity index (χ2v) is 7.34. The van der Waals surface area contributed by atoms with Crippen LogP contribution in [0.25, 0.3) is 10.9 Å². The maximum absolute atomic E-state index is 12.8. The Morgan fingerprint density at radius 1 is 1.13 bits per heavy atom. The van der Waals surface area contributed by atoms with Gasteiger partial charge in [0.2, 0.25) is 0 Å². The highest BCUT2D eigenvalue weighted by Crippen LogP contribution is 2.31. The number of ether oxygens (including phenoxy) is 3. The predicted molar refractivity (Wildman–Crippen MR) is 119 cm³/mol. The Kier molecular flexibility index (Phi) is 7.09. The van der Waals surface area contributed by atoms with Gasteiger partial charge >= 0.3 is 5.97 Å². The molecule has 7 nitrogen and oxygen atoms in total. The van der Waals surface area contributed by atoms with Crippen LogP contribution in [0.4, 0.5) is 5.69 Å². The first kappa shape index (κ1) is 22.5. The molecule has 3 rings (SSSR count). The molecule has 0 atom stereocenters. The highest BCUT2D eigenvalue weighted by molar-refractivity contribution is 6.31. The van der Waals surface area contributed by atoms with Crippen molar-refractivity contribution in [3.8, 4) is 5.75 Å². The molecule has 0 aliphatic carbocycles. The van der Waals surface area contributed by atoms with E-state index in [1.807, 2.05) is 38.1 Å². The summed E-state index contributed by atoms with van der Waals surface area (Å²) in [5.74, 6) is -0.738. The number of carbonyl (C=O) groups excluding carboxylic acids is 2. The van der Waals surface area contributed by atoms with Crippen molar-refractivity contribution in [2.45, 2.75) is 20.5 Å². The van der Waals surface area contributed by atoms with E-state index in [0.29, 0.717) is 27.7 Å². The van der Waals surface area contributed by atoms with Crippen LogP contribution in [0, 0.1) is 13.8 Å². The van der Waals surface area contributed by atoms with Gasteiger partial charge in [-0.3, -0.25) is 4.79 Å². The monoisotopic (exact) mass is 442 g/mol. The second kappa shape index (κ2) is 9.76. The van der Waals surface area contributed by atoms with Crippen molar-refractivity contribution >= 4 is 40.1 Å². The largest absolute Gasteiger partial charge is 0.495 e. The van der Waals surface area contributed by atoms with Gasteiger partial charge in [-0.15, -0.1) is 0 Å². The van der Waals surface area contributed by atoms with E-state index >= 15 is 0 Å². The Bertz CT molecular complexity index is 1150. The number of carbonyl (C=O) groups is 2. The van der Waals surface area contributed by atoms with Crippen molar-refractivity contribution in [1.29, 1.82) is 0 Å². The first-order valence-electron chi connectivity index (χ1n) is 9.54. The molecule has 3 aromatic rings. The van der Waals surface area contributed by atoms with Gasteiger partial charge in [-0.05, 0) is 37.1 Å². The molecular formula is C23H23ClN2O5. The molecule has 31 heavy (non-hydrogen) atoms. The number of methoxy groups -OCH3 is 2. The minimum Gasteiger partial charge on any atom is -0.495 e. The number of amides is 1. The van der Waals surface area contributed by atoms with Crippen LogP contribution < -0.4 is 10.1 Å². The molecule has 0 saturated carbocycles. The molecule has 1 aromatic heterocycles. The number of pyridine rings is 1. The number of aromatic nitrogens is 1. The smallest absolute Gasteiger partial charge is 0.340 e. The van der Waals surface area contributed by atoms with E-state index in [0.717, 1.165) is 22.0 Å². The number of halogens is 1. The molecule has 0 fully saturated rings. The SMILES string of the molecule is COCc1nc2ccccc2c(C)c1C(=O)OCC(=O)Nc1cc(C)c(Cl)cc1OC. The molecule has 0 unspecified atom stereocenters. The highest BCUT2D eigenvalue weighted by Gasteiger charge is 2.21. The Morgan fingerprint density at radius 3 is 2.58 bits per heavy atom. The van der Waals surface area contributed by atoms with E-state index in [2.05, 4.69) is 10.3 Å². The molecule has 0 saturated heterocycles. The number of esters is 1. The fourth-order valence-corrected chi connectivity index (χ4v) is 3.43. The molecule has 0 radical (unpaired) electrons. The number of benzene rings is 2. The van der Waals surface area contributed by atoms with Crippen molar-refractivity contribution in [3.63, 3.8) is 0 Å². The van der Waals surface area contributed by atoms with Crippen molar-refractivity contribution in [1.82, 2.24) is 4.98 Å². The maximum atomic E-state index is 12.8. The zero-order valence-electron chi connectivity index (χ0n) is 17.7. The van der Waals surface area contributed by atoms with E-state index in [4.69, 9.17) is 25.8 Å². The fraction of sp³-hybridized carbons (Fsp3) is 0.261. The third kappa shape index (κ3) is 4.95. The third-order valence-corrected chi connectivity index (χ3v) is 5.21. The topological polar surface area (TPSA) is 86.8 Å². The van der Waals surface area contributed by atoms with Gasteiger partial charge < -0.3 is 19.5 Å². The van der Waals surface area contributed by atoms with Crippen LogP contribution in [0.5, 0.6) is 5.75 Å². The summed E-state index contributed by atoms with van der Waals surface area (Å²) < 4.78 is 15.7. The molecular weight excluding hydrogens is 420 g/mol. The molecule has 0 aliphatic rings. The zero-order valence-corrected chi connectivity index (χ0v) is 18.5. The summed E-state index contributed by atoms with van der Waals surface area (Å²) in [7, 11) is 3.00. The molecule has 0 aliphatic heterocycles. The highest BCUT2D eigenvalue weighted by atomic mass is 35.5. The van der Waals surface area contributed by atoms with E-state index in [-0.39, 0.29) is 6.61 Å². The summed E-state index contributed by atoms with van der Waals surface area (Å²) in [5.41, 5.74) is 3.45. The molecule has 1 N–H and O–H groups in total. The molecule has 8 heteroatoms. The number of para-hydroxylation sites is 1. The standard InChI is InChI=1S/C23H23ClN2O5/c1-13-9-18(20(30-4)10-16(13)24)26-21(27)12-31-23(28)22-14(2)15-7-5-6-8-17(15)25-19(22)11-29-3/h5-10H,11-12H2,1-4H3,(H,26,27). The van der Waals surface area contributed by atoms with Gasteiger partial charge in [-0.25, -0.2) is 9.78 Å². The summed E-state index contributed by atoms with van der Waals surface area (Å²) >= 11 is 6.09. The zero-order chi connectivity index (χ0) is 22.5. The third-order valence-electron chi connectivity index (χ3n) is 4.80. The van der Waals surface area contributed by atoms with Crippen LogP contribution in [0.1, 0.15) is 27.2 Å². The van der Waals surface area contributed by atoms with Crippen LogP contribution in [0.15, 0.2) is 36.4 Å². The van der Waals surface area contributed by atoms with Crippen molar-refractivity contribution in [2.75, 3.05) is 26.1 Å². The normalized spacial score (nSPS) is 10.7. The van der Waals surface area contributed by atoms with Crippen LogP contribution in [-0.4, -0.2) is 37.7 Å². The molecule has 1 amide bonds. The number of hydrogen-bond donors (Lipinski definition) is 1. The Morgan fingerprint density at radius 2 is 1.87 bits per heavy atom. The Hall–Kier alpha value is -3.16. The number of fused-ring (bicyclic) bond motifs is 1. The van der Waals surface area contributed by atoms with Gasteiger partial charge in [0.15, 0.2) is 6.61 Å². The second-order valence-electron chi connectivity index (χ2n) is 6.93. The number of nitrogens with zero attached hydrogens (tertiary/aromatic N) is 1. The van der Waals surface area contributed by atoms with Gasteiger partial charge in [0.25, 0.3) is 5.91 Å². The Balaban J connectivity index is 1.79. The quantitative estimate of drug-likeness (QED) is 0.544. The van der Waals surface area contributed by atoms with Crippen molar-refractivity contribution in [3.05, 3.63) is 63.8 Å². The van der Waals surface area contributed by atoms with Gasteiger partial charge in [0, 0.05) is 23.6 Å². The maximum Gasteiger partial charge on any atom is 0.340 e. The number of rotatable bonds is 7. The van der Waals surface area contributed by atoms with E-state index in [1.165, 1.54) is 14.2 Å². The summed E-state index contributed by atoms with van der Waals surface area (Å²) in [4.78, 5) is 29.8. The van der Waals surface area contributed by atoms with Crippen molar-refractivity contribution < 1.29 is 23.8 Å². The average Bonchev–Trinajstić information content (AvgIpc) is 2.75. The van der Waals surface area contributed by atoms with Crippen LogP contribution in [-0.2, 0) is 20.9 Å². The predicted octanol–water partition coefficient (Wildman–Crippen LogP) is 4.46.